The van der Waals surface area contributed by atoms with Gasteiger partial charge in [-0.05, 0) is 52.6 Å². The third-order valence-corrected chi connectivity index (χ3v) is 4.15. The van der Waals surface area contributed by atoms with Gasteiger partial charge in [-0.1, -0.05) is 51.7 Å². The van der Waals surface area contributed by atoms with Crippen LogP contribution >= 0.6 is 22.6 Å². The SMILES string of the molecule is CCCCC(CC)CC(N)c1ccc(I)cc1. The van der Waals surface area contributed by atoms with Crippen LogP contribution in [-0.4, -0.2) is 0 Å². The van der Waals surface area contributed by atoms with Crippen molar-refractivity contribution in [1.29, 1.82) is 0 Å². The number of nitrogens with two attached hydrogens (primary N) is 1. The van der Waals surface area contributed by atoms with E-state index in [1.807, 2.05) is 0 Å². The molecule has 96 valence electrons. The van der Waals surface area contributed by atoms with Crippen molar-refractivity contribution < 1.29 is 0 Å². The second-order valence-electron chi connectivity index (χ2n) is 4.81. The van der Waals surface area contributed by atoms with E-state index in [4.69, 9.17) is 5.73 Å². The standard InChI is InChI=1S/C15H24IN/c1-3-5-6-12(4-2)11-15(17)13-7-9-14(16)10-8-13/h7-10,12,15H,3-6,11,17H2,1-2H3. The van der Waals surface area contributed by atoms with Crippen molar-refractivity contribution in [1.82, 2.24) is 0 Å². The minimum atomic E-state index is 0.203. The van der Waals surface area contributed by atoms with Gasteiger partial charge in [-0.3, -0.25) is 0 Å². The summed E-state index contributed by atoms with van der Waals surface area (Å²) in [7, 11) is 0. The van der Waals surface area contributed by atoms with E-state index >= 15 is 0 Å². The van der Waals surface area contributed by atoms with Crippen LogP contribution in [0.5, 0.6) is 0 Å². The number of hydrogen-bond acceptors (Lipinski definition) is 1. The van der Waals surface area contributed by atoms with Gasteiger partial charge in [-0.15, -0.1) is 0 Å². The topological polar surface area (TPSA) is 26.0 Å². The molecule has 1 rings (SSSR count). The largest absolute Gasteiger partial charge is 0.324 e. The molecule has 2 unspecified atom stereocenters. The highest BCUT2D eigenvalue weighted by Crippen LogP contribution is 2.25. The predicted molar refractivity (Wildman–Crippen MR) is 84.0 cm³/mol. The summed E-state index contributed by atoms with van der Waals surface area (Å²) in [6.45, 7) is 4.53. The molecule has 0 saturated heterocycles. The maximum atomic E-state index is 6.29. The smallest absolute Gasteiger partial charge is 0.0297 e. The molecule has 0 amide bonds. The van der Waals surface area contributed by atoms with Gasteiger partial charge >= 0.3 is 0 Å². The molecule has 0 aliphatic heterocycles. The van der Waals surface area contributed by atoms with Gasteiger partial charge in [0.1, 0.15) is 0 Å². The van der Waals surface area contributed by atoms with Crippen LogP contribution in [0, 0.1) is 9.49 Å². The molecule has 0 saturated carbocycles. The summed E-state index contributed by atoms with van der Waals surface area (Å²) in [5, 5.41) is 0. The van der Waals surface area contributed by atoms with E-state index in [2.05, 4.69) is 60.7 Å². The Bertz CT molecular complexity index is 307. The molecule has 0 heterocycles. The Hall–Kier alpha value is -0.0900. The molecular formula is C15H24IN. The quantitative estimate of drug-likeness (QED) is 0.699. The molecule has 0 radical (unpaired) electrons. The molecular weight excluding hydrogens is 321 g/mol. The minimum absolute atomic E-state index is 0.203. The molecule has 1 nitrogen and oxygen atoms in total. The maximum absolute atomic E-state index is 6.29. The lowest BCUT2D eigenvalue weighted by atomic mass is 9.90. The summed E-state index contributed by atoms with van der Waals surface area (Å²) in [5.74, 6) is 0.782. The second kappa shape index (κ2) is 8.09. The first kappa shape index (κ1) is 15.0. The van der Waals surface area contributed by atoms with Gasteiger partial charge in [0.2, 0.25) is 0 Å². The molecule has 1 aromatic carbocycles. The van der Waals surface area contributed by atoms with Crippen LogP contribution in [-0.2, 0) is 0 Å². The molecule has 0 fully saturated rings. The van der Waals surface area contributed by atoms with Crippen LogP contribution in [0.4, 0.5) is 0 Å². The first-order chi connectivity index (χ1) is 8.17. The van der Waals surface area contributed by atoms with E-state index in [1.165, 1.54) is 34.8 Å². The Morgan fingerprint density at radius 1 is 1.18 bits per heavy atom. The molecule has 1 aromatic rings. The number of hydrogen-bond donors (Lipinski definition) is 1. The highest BCUT2D eigenvalue weighted by atomic mass is 127. The van der Waals surface area contributed by atoms with Gasteiger partial charge in [0, 0.05) is 9.61 Å². The van der Waals surface area contributed by atoms with Crippen molar-refractivity contribution in [3.8, 4) is 0 Å². The normalized spacial score (nSPS) is 14.6. The molecule has 2 atom stereocenters. The second-order valence-corrected chi connectivity index (χ2v) is 6.06. The lowest BCUT2D eigenvalue weighted by Crippen LogP contribution is -2.15. The van der Waals surface area contributed by atoms with Gasteiger partial charge in [-0.2, -0.15) is 0 Å². The Morgan fingerprint density at radius 2 is 1.82 bits per heavy atom. The Labute approximate surface area is 119 Å². The zero-order chi connectivity index (χ0) is 12.7. The number of rotatable bonds is 7. The summed E-state index contributed by atoms with van der Waals surface area (Å²) >= 11 is 2.33. The number of halogens is 1. The van der Waals surface area contributed by atoms with Crippen LogP contribution in [0.1, 0.15) is 57.6 Å². The molecule has 0 aromatic heterocycles. The van der Waals surface area contributed by atoms with Crippen LogP contribution in [0.25, 0.3) is 0 Å². The average Bonchev–Trinajstić information content (AvgIpc) is 2.35. The Kier molecular flexibility index (Phi) is 7.12. The fourth-order valence-corrected chi connectivity index (χ4v) is 2.55. The lowest BCUT2D eigenvalue weighted by Gasteiger charge is -2.20. The lowest BCUT2D eigenvalue weighted by molar-refractivity contribution is 0.388. The van der Waals surface area contributed by atoms with E-state index in [0.717, 1.165) is 12.3 Å². The van der Waals surface area contributed by atoms with Gasteiger partial charge in [0.15, 0.2) is 0 Å². The van der Waals surface area contributed by atoms with Gasteiger partial charge in [0.05, 0.1) is 0 Å². The zero-order valence-corrected chi connectivity index (χ0v) is 13.1. The highest BCUT2D eigenvalue weighted by Gasteiger charge is 2.13. The highest BCUT2D eigenvalue weighted by molar-refractivity contribution is 14.1. The van der Waals surface area contributed by atoms with Crippen LogP contribution in [0.3, 0.4) is 0 Å². The van der Waals surface area contributed by atoms with Crippen molar-refractivity contribution in [2.45, 2.75) is 52.0 Å². The summed E-state index contributed by atoms with van der Waals surface area (Å²) < 4.78 is 1.27. The fraction of sp³-hybridized carbons (Fsp3) is 0.600. The van der Waals surface area contributed by atoms with Crippen LogP contribution in [0.2, 0.25) is 0 Å². The van der Waals surface area contributed by atoms with Crippen molar-refractivity contribution >= 4 is 22.6 Å². The summed E-state index contributed by atoms with van der Waals surface area (Å²) in [4.78, 5) is 0. The molecule has 0 aliphatic carbocycles. The minimum Gasteiger partial charge on any atom is -0.324 e. The molecule has 0 bridgehead atoms. The average molecular weight is 345 g/mol. The monoisotopic (exact) mass is 345 g/mol. The predicted octanol–water partition coefficient (Wildman–Crippen LogP) is 4.90. The van der Waals surface area contributed by atoms with E-state index in [9.17, 15) is 0 Å². The van der Waals surface area contributed by atoms with E-state index in [1.54, 1.807) is 0 Å². The third-order valence-electron chi connectivity index (χ3n) is 3.43. The van der Waals surface area contributed by atoms with Crippen molar-refractivity contribution in [3.63, 3.8) is 0 Å². The van der Waals surface area contributed by atoms with Gasteiger partial charge in [0.25, 0.3) is 0 Å². The Morgan fingerprint density at radius 3 is 2.35 bits per heavy atom. The molecule has 0 spiro atoms. The Balaban J connectivity index is 2.51. The number of benzene rings is 1. The number of unbranched alkanes of at least 4 members (excludes halogenated alkanes) is 1. The fourth-order valence-electron chi connectivity index (χ4n) is 2.19. The summed E-state index contributed by atoms with van der Waals surface area (Å²) in [5.41, 5.74) is 7.57. The van der Waals surface area contributed by atoms with Gasteiger partial charge < -0.3 is 5.73 Å². The van der Waals surface area contributed by atoms with Crippen molar-refractivity contribution in [2.24, 2.45) is 11.7 Å². The molecule has 17 heavy (non-hydrogen) atoms. The van der Waals surface area contributed by atoms with E-state index < -0.39 is 0 Å². The maximum Gasteiger partial charge on any atom is 0.0297 e. The molecule has 2 heteroatoms. The van der Waals surface area contributed by atoms with Crippen LogP contribution < -0.4 is 5.73 Å². The van der Waals surface area contributed by atoms with Crippen molar-refractivity contribution in [2.75, 3.05) is 0 Å². The third kappa shape index (κ3) is 5.38. The molecule has 0 aliphatic rings. The first-order valence-corrected chi connectivity index (χ1v) is 7.76. The van der Waals surface area contributed by atoms with Gasteiger partial charge in [-0.25, -0.2) is 0 Å². The van der Waals surface area contributed by atoms with Crippen molar-refractivity contribution in [3.05, 3.63) is 33.4 Å². The summed E-state index contributed by atoms with van der Waals surface area (Å²) in [6, 6.07) is 8.82. The molecule has 2 N–H and O–H groups in total. The van der Waals surface area contributed by atoms with E-state index in [-0.39, 0.29) is 6.04 Å². The van der Waals surface area contributed by atoms with Crippen LogP contribution in [0.15, 0.2) is 24.3 Å². The van der Waals surface area contributed by atoms with E-state index in [0.29, 0.717) is 0 Å². The summed E-state index contributed by atoms with van der Waals surface area (Å²) in [6.07, 6.45) is 6.31. The zero-order valence-electron chi connectivity index (χ0n) is 11.0. The first-order valence-electron chi connectivity index (χ1n) is 6.68.